The van der Waals surface area contributed by atoms with E-state index in [0.29, 0.717) is 50.4 Å². The topological polar surface area (TPSA) is 64.6 Å². The zero-order valence-electron chi connectivity index (χ0n) is 18.2. The van der Waals surface area contributed by atoms with Gasteiger partial charge in [-0.3, -0.25) is 4.79 Å². The predicted octanol–water partition coefficient (Wildman–Crippen LogP) is 4.34. The largest absolute Gasteiger partial charge is 0.449 e. The van der Waals surface area contributed by atoms with Crippen molar-refractivity contribution >= 4 is 11.9 Å². The van der Waals surface area contributed by atoms with Gasteiger partial charge < -0.3 is 14.8 Å². The van der Waals surface area contributed by atoms with E-state index in [2.05, 4.69) is 17.2 Å². The number of alkyl carbamates (subject to hydrolysis) is 1. The average molecular weight is 392 g/mol. The van der Waals surface area contributed by atoms with Gasteiger partial charge in [0.15, 0.2) is 0 Å². The highest BCUT2D eigenvalue weighted by Gasteiger charge is 2.49. The first kappa shape index (κ1) is 22.7. The number of carbonyl (C=O) groups excluding carboxylic acids is 2. The third kappa shape index (κ3) is 7.13. The van der Waals surface area contributed by atoms with Gasteiger partial charge in [0, 0.05) is 31.4 Å². The normalized spacial score (nSPS) is 24.1. The van der Waals surface area contributed by atoms with E-state index in [1.165, 1.54) is 0 Å². The number of ketones is 1. The standard InChI is InChI=1S/C23H37NO4/c1-17(25)22(2,3)13-15-28-23(4,5)12-14-24-21(26)27-16-20-18-10-8-6-7-9-11-19(18)20/h18-20H,8-16H2,1-5H3,(H,24,26). The van der Waals surface area contributed by atoms with Gasteiger partial charge in [0.1, 0.15) is 5.78 Å². The molecule has 0 spiro atoms. The van der Waals surface area contributed by atoms with Crippen molar-refractivity contribution < 1.29 is 19.1 Å². The molecule has 0 bridgehead atoms. The Hall–Kier alpha value is -1.54. The second kappa shape index (κ2) is 9.78. The highest BCUT2D eigenvalue weighted by molar-refractivity contribution is 5.81. The van der Waals surface area contributed by atoms with Crippen molar-refractivity contribution in [1.82, 2.24) is 5.32 Å². The van der Waals surface area contributed by atoms with Crippen LogP contribution in [0.1, 0.15) is 73.1 Å². The van der Waals surface area contributed by atoms with Crippen LogP contribution in [0.2, 0.25) is 0 Å². The van der Waals surface area contributed by atoms with Crippen LogP contribution >= 0.6 is 0 Å². The maximum atomic E-state index is 12.0. The molecule has 2 atom stereocenters. The number of ether oxygens (including phenoxy) is 2. The smallest absolute Gasteiger partial charge is 0.407 e. The summed E-state index contributed by atoms with van der Waals surface area (Å²) in [5.41, 5.74) is -0.718. The lowest BCUT2D eigenvalue weighted by Crippen LogP contribution is -2.34. The Morgan fingerprint density at radius 2 is 1.64 bits per heavy atom. The van der Waals surface area contributed by atoms with E-state index in [0.717, 1.165) is 25.7 Å². The zero-order chi connectivity index (χ0) is 20.8. The van der Waals surface area contributed by atoms with Gasteiger partial charge in [0.05, 0.1) is 12.2 Å². The summed E-state index contributed by atoms with van der Waals surface area (Å²) in [5, 5.41) is 2.83. The SMILES string of the molecule is CC(=O)C(C)(C)CCOC(C)(C)CCNC(=O)OCC1C2CCC#CCCC21. The first-order chi connectivity index (χ1) is 13.1. The molecular formula is C23H37NO4. The number of hydrogen-bond acceptors (Lipinski definition) is 4. The van der Waals surface area contributed by atoms with Gasteiger partial charge in [0.2, 0.25) is 0 Å². The van der Waals surface area contributed by atoms with Crippen molar-refractivity contribution in [3.8, 4) is 11.8 Å². The predicted molar refractivity (Wildman–Crippen MR) is 110 cm³/mol. The van der Waals surface area contributed by atoms with Crippen molar-refractivity contribution in [2.75, 3.05) is 19.8 Å². The minimum atomic E-state index is -0.359. The molecule has 0 aromatic heterocycles. The first-order valence-corrected chi connectivity index (χ1v) is 10.6. The van der Waals surface area contributed by atoms with Gasteiger partial charge in [-0.15, -0.1) is 11.8 Å². The van der Waals surface area contributed by atoms with Crippen LogP contribution in [0.4, 0.5) is 4.79 Å². The maximum absolute atomic E-state index is 12.0. The van der Waals surface area contributed by atoms with Crippen molar-refractivity contribution in [3.05, 3.63) is 0 Å². The Bertz CT molecular complexity index is 596. The lowest BCUT2D eigenvalue weighted by atomic mass is 9.86. The van der Waals surface area contributed by atoms with Gasteiger partial charge in [-0.05, 0) is 64.2 Å². The Kier molecular flexibility index (Phi) is 7.95. The molecule has 1 fully saturated rings. The molecule has 0 aliphatic heterocycles. The summed E-state index contributed by atoms with van der Waals surface area (Å²) in [6.45, 7) is 11.1. The summed E-state index contributed by atoms with van der Waals surface area (Å²) in [7, 11) is 0. The molecule has 2 aliphatic rings. The number of fused-ring (bicyclic) bond motifs is 1. The molecule has 0 aromatic carbocycles. The van der Waals surface area contributed by atoms with E-state index in [4.69, 9.17) is 9.47 Å². The molecule has 0 heterocycles. The summed E-state index contributed by atoms with van der Waals surface area (Å²) in [4.78, 5) is 23.6. The number of amides is 1. The molecule has 1 amide bonds. The van der Waals surface area contributed by atoms with Gasteiger partial charge >= 0.3 is 6.09 Å². The Morgan fingerprint density at radius 1 is 1.04 bits per heavy atom. The average Bonchev–Trinajstić information content (AvgIpc) is 3.21. The van der Waals surface area contributed by atoms with Gasteiger partial charge in [0.25, 0.3) is 0 Å². The van der Waals surface area contributed by atoms with E-state index in [1.54, 1.807) is 6.92 Å². The molecule has 1 N–H and O–H groups in total. The molecular weight excluding hydrogens is 354 g/mol. The lowest BCUT2D eigenvalue weighted by molar-refractivity contribution is -0.126. The zero-order valence-corrected chi connectivity index (χ0v) is 18.2. The Labute approximate surface area is 170 Å². The minimum absolute atomic E-state index is 0.174. The van der Waals surface area contributed by atoms with Gasteiger partial charge in [-0.2, -0.15) is 0 Å². The van der Waals surface area contributed by atoms with Crippen molar-refractivity contribution in [1.29, 1.82) is 0 Å². The van der Waals surface area contributed by atoms with Crippen LogP contribution in [-0.4, -0.2) is 37.2 Å². The molecule has 1 saturated carbocycles. The molecule has 2 rings (SSSR count). The van der Waals surface area contributed by atoms with Crippen LogP contribution in [0.5, 0.6) is 0 Å². The fourth-order valence-electron chi connectivity index (χ4n) is 3.80. The molecule has 2 aliphatic carbocycles. The van der Waals surface area contributed by atoms with Crippen LogP contribution in [0.15, 0.2) is 0 Å². The summed E-state index contributed by atoms with van der Waals surface area (Å²) < 4.78 is 11.4. The van der Waals surface area contributed by atoms with Crippen LogP contribution in [-0.2, 0) is 14.3 Å². The van der Waals surface area contributed by atoms with E-state index in [1.807, 2.05) is 27.7 Å². The quantitative estimate of drug-likeness (QED) is 0.563. The number of carbonyl (C=O) groups is 2. The molecule has 158 valence electrons. The maximum Gasteiger partial charge on any atom is 0.407 e. The fourth-order valence-corrected chi connectivity index (χ4v) is 3.80. The van der Waals surface area contributed by atoms with Crippen LogP contribution in [0.25, 0.3) is 0 Å². The van der Waals surface area contributed by atoms with Crippen LogP contribution in [0, 0.1) is 35.0 Å². The van der Waals surface area contributed by atoms with Crippen LogP contribution in [0.3, 0.4) is 0 Å². The minimum Gasteiger partial charge on any atom is -0.449 e. The monoisotopic (exact) mass is 391 g/mol. The third-order valence-electron chi connectivity index (χ3n) is 6.42. The molecule has 5 nitrogen and oxygen atoms in total. The van der Waals surface area contributed by atoms with Crippen molar-refractivity contribution in [3.63, 3.8) is 0 Å². The van der Waals surface area contributed by atoms with E-state index in [-0.39, 0.29) is 22.9 Å². The third-order valence-corrected chi connectivity index (χ3v) is 6.42. The summed E-state index contributed by atoms with van der Waals surface area (Å²) in [6, 6.07) is 0. The number of nitrogens with one attached hydrogen (secondary N) is 1. The van der Waals surface area contributed by atoms with Crippen molar-refractivity contribution in [2.24, 2.45) is 23.2 Å². The van der Waals surface area contributed by atoms with Crippen molar-refractivity contribution in [2.45, 2.75) is 78.7 Å². The molecule has 28 heavy (non-hydrogen) atoms. The number of hydrogen-bond donors (Lipinski definition) is 1. The number of Topliss-reactive ketones (excluding diaryl/α,β-unsaturated/α-hetero) is 1. The Balaban J connectivity index is 1.58. The van der Waals surface area contributed by atoms with Gasteiger partial charge in [-0.25, -0.2) is 4.79 Å². The number of rotatable bonds is 10. The fraction of sp³-hybridized carbons (Fsp3) is 0.826. The van der Waals surface area contributed by atoms with E-state index >= 15 is 0 Å². The lowest BCUT2D eigenvalue weighted by Gasteiger charge is -2.28. The highest BCUT2D eigenvalue weighted by Crippen LogP contribution is 2.52. The highest BCUT2D eigenvalue weighted by atomic mass is 16.5. The second-order valence-electron chi connectivity index (χ2n) is 9.50. The second-order valence-corrected chi connectivity index (χ2v) is 9.50. The first-order valence-electron chi connectivity index (χ1n) is 10.6. The molecule has 0 aromatic rings. The molecule has 0 saturated heterocycles. The van der Waals surface area contributed by atoms with E-state index in [9.17, 15) is 9.59 Å². The summed E-state index contributed by atoms with van der Waals surface area (Å²) >= 11 is 0. The van der Waals surface area contributed by atoms with Crippen LogP contribution < -0.4 is 5.32 Å². The molecule has 0 radical (unpaired) electrons. The van der Waals surface area contributed by atoms with Gasteiger partial charge in [-0.1, -0.05) is 13.8 Å². The molecule has 5 heteroatoms. The van der Waals surface area contributed by atoms with E-state index < -0.39 is 0 Å². The summed E-state index contributed by atoms with van der Waals surface area (Å²) in [6.07, 6.45) is 5.26. The molecule has 2 unspecified atom stereocenters. The summed E-state index contributed by atoms with van der Waals surface area (Å²) in [5.74, 6) is 8.46. The Morgan fingerprint density at radius 3 is 2.21 bits per heavy atom.